The summed E-state index contributed by atoms with van der Waals surface area (Å²) in [5.41, 5.74) is 0. The number of rotatable bonds is 0. The van der Waals surface area contributed by atoms with E-state index in [-0.39, 0.29) is 186 Å². The van der Waals surface area contributed by atoms with Gasteiger partial charge >= 0.3 is 0 Å². The van der Waals surface area contributed by atoms with Gasteiger partial charge in [-0.15, -0.1) is 0 Å². The molecule has 0 atom stereocenters. The standard InChI is InChI=1S/9Fe.Y. The number of hydrogen-bond acceptors (Lipinski definition) is 0. The van der Waals surface area contributed by atoms with E-state index in [2.05, 4.69) is 0 Å². The summed E-state index contributed by atoms with van der Waals surface area (Å²) in [5, 5.41) is 0. The third-order valence-electron chi connectivity index (χ3n) is 0. The molecule has 0 nitrogen and oxygen atoms in total. The van der Waals surface area contributed by atoms with Crippen molar-refractivity contribution < 1.29 is 186 Å². The van der Waals surface area contributed by atoms with Crippen molar-refractivity contribution in [2.45, 2.75) is 0 Å². The number of hydrogen-bond donors (Lipinski definition) is 0. The van der Waals surface area contributed by atoms with Crippen molar-refractivity contribution >= 4 is 0 Å². The molecule has 0 rings (SSSR count). The molecular weight excluding hydrogens is 592 g/mol. The van der Waals surface area contributed by atoms with E-state index in [0.717, 1.165) is 0 Å². The van der Waals surface area contributed by atoms with E-state index in [1.807, 2.05) is 0 Å². The predicted molar refractivity (Wildman–Crippen MR) is 0 cm³/mol. The summed E-state index contributed by atoms with van der Waals surface area (Å²) in [4.78, 5) is 0. The molecule has 0 spiro atoms. The molecule has 0 aliphatic rings. The van der Waals surface area contributed by atoms with Crippen molar-refractivity contribution in [1.29, 1.82) is 0 Å². The van der Waals surface area contributed by atoms with Crippen LogP contribution in [0, 0.1) is 0 Å². The smallest absolute Gasteiger partial charge is 0 e. The molecule has 0 aromatic rings. The van der Waals surface area contributed by atoms with Crippen molar-refractivity contribution in [3.05, 3.63) is 0 Å². The molecule has 0 aliphatic heterocycles. The van der Waals surface area contributed by atoms with Gasteiger partial charge in [-0.1, -0.05) is 0 Å². The fourth-order valence-electron chi connectivity index (χ4n) is 0. The van der Waals surface area contributed by atoms with Gasteiger partial charge in [0.1, 0.15) is 0 Å². The van der Waals surface area contributed by atoms with Crippen LogP contribution in [-0.2, 0) is 186 Å². The summed E-state index contributed by atoms with van der Waals surface area (Å²) in [7, 11) is 0. The molecule has 0 unspecified atom stereocenters. The van der Waals surface area contributed by atoms with Crippen LogP contribution in [-0.4, -0.2) is 0 Å². The van der Waals surface area contributed by atoms with Gasteiger partial charge in [0.25, 0.3) is 0 Å². The molecule has 10 heteroatoms. The van der Waals surface area contributed by atoms with Gasteiger partial charge in [-0.3, -0.25) is 0 Å². The molecule has 0 bridgehead atoms. The zero-order chi connectivity index (χ0) is 0. The van der Waals surface area contributed by atoms with Gasteiger partial charge in [0, 0.05) is 186 Å². The van der Waals surface area contributed by atoms with Crippen LogP contribution in [0.25, 0.3) is 0 Å². The average molecular weight is 592 g/mol. The van der Waals surface area contributed by atoms with Crippen LogP contribution < -0.4 is 0 Å². The molecule has 0 aromatic heterocycles. The van der Waals surface area contributed by atoms with Crippen molar-refractivity contribution in [3.8, 4) is 0 Å². The minimum absolute atomic E-state index is 0. The summed E-state index contributed by atoms with van der Waals surface area (Å²) in [5.74, 6) is 0. The normalized spacial score (nSPS) is 0. The fraction of sp³-hybridized carbons (Fsp3) is 0. The molecule has 0 aromatic carbocycles. The maximum atomic E-state index is 0. The predicted octanol–water partition coefficient (Wildman–Crippen LogP) is -0.0250. The van der Waals surface area contributed by atoms with Gasteiger partial charge in [0.2, 0.25) is 0 Å². The Hall–Kier alpha value is 5.78. The van der Waals surface area contributed by atoms with Crippen LogP contribution in [0.5, 0.6) is 0 Å². The van der Waals surface area contributed by atoms with Gasteiger partial charge in [-0.05, 0) is 0 Å². The van der Waals surface area contributed by atoms with Crippen molar-refractivity contribution in [3.63, 3.8) is 0 Å². The second-order valence-corrected chi connectivity index (χ2v) is 0. The minimum atomic E-state index is 0. The van der Waals surface area contributed by atoms with Crippen LogP contribution in [0.1, 0.15) is 0 Å². The first kappa shape index (κ1) is 103. The molecule has 0 saturated heterocycles. The van der Waals surface area contributed by atoms with E-state index in [4.69, 9.17) is 0 Å². The zero-order valence-corrected chi connectivity index (χ0v) is 16.5. The third kappa shape index (κ3) is 67.4. The molecule has 0 aliphatic carbocycles. The van der Waals surface area contributed by atoms with Gasteiger partial charge in [0.05, 0.1) is 0 Å². The molecule has 75 valence electrons. The van der Waals surface area contributed by atoms with Crippen LogP contribution in [0.3, 0.4) is 0 Å². The fourth-order valence-corrected chi connectivity index (χ4v) is 0. The SMILES string of the molecule is [Fe].[Fe].[Fe].[Fe].[Fe].[Fe].[Fe].[Fe].[Fe].[Y]. The molecule has 1 radical (unpaired) electrons. The monoisotopic (exact) mass is 592 g/mol. The Morgan fingerprint density at radius 2 is 0.200 bits per heavy atom. The summed E-state index contributed by atoms with van der Waals surface area (Å²) in [6.45, 7) is 0. The van der Waals surface area contributed by atoms with E-state index in [9.17, 15) is 0 Å². The molecule has 10 heavy (non-hydrogen) atoms. The molecule has 0 saturated carbocycles. The first-order chi connectivity index (χ1) is 0. The summed E-state index contributed by atoms with van der Waals surface area (Å²) in [6, 6.07) is 0. The second-order valence-electron chi connectivity index (χ2n) is 0. The Morgan fingerprint density at radius 3 is 0.200 bits per heavy atom. The van der Waals surface area contributed by atoms with Gasteiger partial charge in [-0.2, -0.15) is 0 Å². The first-order valence-corrected chi connectivity index (χ1v) is 0. The first-order valence-electron chi connectivity index (χ1n) is 0. The molecule has 0 fully saturated rings. The third-order valence-corrected chi connectivity index (χ3v) is 0. The largest absolute Gasteiger partial charge is 0 e. The van der Waals surface area contributed by atoms with Gasteiger partial charge < -0.3 is 0 Å². The Labute approximate surface area is 182 Å². The molecular formula is Fe9Y. The van der Waals surface area contributed by atoms with E-state index < -0.39 is 0 Å². The molecule has 0 heterocycles. The van der Waals surface area contributed by atoms with Crippen molar-refractivity contribution in [2.24, 2.45) is 0 Å². The van der Waals surface area contributed by atoms with E-state index in [1.54, 1.807) is 0 Å². The molecule has 0 N–H and O–H groups in total. The Morgan fingerprint density at radius 1 is 0.200 bits per heavy atom. The van der Waals surface area contributed by atoms with Crippen molar-refractivity contribution in [2.75, 3.05) is 0 Å². The van der Waals surface area contributed by atoms with Crippen LogP contribution in [0.4, 0.5) is 0 Å². The average Bonchev–Trinajstić information content (AvgIpc) is 0. The zero-order valence-electron chi connectivity index (χ0n) is 3.76. The Bertz CT molecular complexity index is 4.69. The summed E-state index contributed by atoms with van der Waals surface area (Å²) >= 11 is 0. The van der Waals surface area contributed by atoms with Gasteiger partial charge in [-0.25, -0.2) is 0 Å². The quantitative estimate of drug-likeness (QED) is 0.348. The van der Waals surface area contributed by atoms with E-state index in [1.165, 1.54) is 0 Å². The van der Waals surface area contributed by atoms with Gasteiger partial charge in [0.15, 0.2) is 0 Å². The van der Waals surface area contributed by atoms with Crippen molar-refractivity contribution in [1.82, 2.24) is 0 Å². The summed E-state index contributed by atoms with van der Waals surface area (Å²) < 4.78 is 0. The second kappa shape index (κ2) is 84.0. The van der Waals surface area contributed by atoms with E-state index in [0.29, 0.717) is 0 Å². The van der Waals surface area contributed by atoms with Crippen LogP contribution in [0.15, 0.2) is 0 Å². The molecule has 0 amide bonds. The minimum Gasteiger partial charge on any atom is 0 e. The maximum absolute atomic E-state index is 0. The Balaban J connectivity index is 0. The summed E-state index contributed by atoms with van der Waals surface area (Å²) in [6.07, 6.45) is 0. The van der Waals surface area contributed by atoms with E-state index >= 15 is 0 Å². The van der Waals surface area contributed by atoms with Crippen LogP contribution in [0.2, 0.25) is 0 Å². The Kier molecular flexibility index (Phi) is 867. The maximum Gasteiger partial charge on any atom is 0 e. The topological polar surface area (TPSA) is 0 Å². The van der Waals surface area contributed by atoms with Crippen LogP contribution >= 0.6 is 0 Å².